The summed E-state index contributed by atoms with van der Waals surface area (Å²) in [4.78, 5) is 27.9. The molecule has 0 aromatic carbocycles. The Hall–Kier alpha value is -1.78. The molecule has 2 heterocycles. The Morgan fingerprint density at radius 1 is 1.16 bits per heavy atom. The van der Waals surface area contributed by atoms with Crippen LogP contribution in [0.2, 0.25) is 0 Å². The van der Waals surface area contributed by atoms with Crippen molar-refractivity contribution in [1.82, 2.24) is 9.80 Å². The summed E-state index contributed by atoms with van der Waals surface area (Å²) in [7, 11) is 0. The fraction of sp³-hybridized carbons (Fsp3) is 0.571. The average Bonchev–Trinajstić information content (AvgIpc) is 3.20. The monoisotopic (exact) mass is 262 g/mol. The predicted molar refractivity (Wildman–Crippen MR) is 68.7 cm³/mol. The molecule has 0 radical (unpaired) electrons. The quantitative estimate of drug-likeness (QED) is 0.807. The fourth-order valence-corrected chi connectivity index (χ4v) is 2.50. The molecule has 0 N–H and O–H groups in total. The number of carbonyl (C=O) groups excluding carboxylic acids is 2. The first kappa shape index (κ1) is 12.3. The highest BCUT2D eigenvalue weighted by Gasteiger charge is 2.35. The van der Waals surface area contributed by atoms with Crippen molar-refractivity contribution in [3.05, 3.63) is 23.7 Å². The number of hydrogen-bond donors (Lipinski definition) is 0. The molecule has 5 nitrogen and oxygen atoms in total. The molecule has 0 unspecified atom stereocenters. The van der Waals surface area contributed by atoms with Gasteiger partial charge in [-0.3, -0.25) is 9.59 Å². The lowest BCUT2D eigenvalue weighted by molar-refractivity contribution is -0.134. The van der Waals surface area contributed by atoms with Gasteiger partial charge in [0.05, 0.1) is 11.8 Å². The number of carbonyl (C=O) groups is 2. The minimum absolute atomic E-state index is 0.00442. The molecule has 19 heavy (non-hydrogen) atoms. The van der Waals surface area contributed by atoms with E-state index in [4.69, 9.17) is 4.42 Å². The second-order valence-electron chi connectivity index (χ2n) is 5.28. The van der Waals surface area contributed by atoms with Crippen LogP contribution in [-0.2, 0) is 4.79 Å². The molecule has 1 saturated heterocycles. The van der Waals surface area contributed by atoms with Crippen LogP contribution in [0.3, 0.4) is 0 Å². The van der Waals surface area contributed by atoms with Gasteiger partial charge in [0.1, 0.15) is 5.76 Å². The highest BCUT2D eigenvalue weighted by Crippen LogP contribution is 2.31. The Bertz CT molecular complexity index is 497. The minimum atomic E-state index is 0.00442. The van der Waals surface area contributed by atoms with Crippen LogP contribution >= 0.6 is 0 Å². The molecule has 1 aromatic heterocycles. The maximum atomic E-state index is 12.3. The highest BCUT2D eigenvalue weighted by molar-refractivity contribution is 5.95. The molecule has 1 aliphatic heterocycles. The molecule has 1 aromatic rings. The van der Waals surface area contributed by atoms with Crippen molar-refractivity contribution < 1.29 is 14.0 Å². The second kappa shape index (κ2) is 4.72. The van der Waals surface area contributed by atoms with Crippen molar-refractivity contribution >= 4 is 11.8 Å². The van der Waals surface area contributed by atoms with E-state index in [2.05, 4.69) is 0 Å². The number of nitrogens with zero attached hydrogens (tertiary/aromatic N) is 2. The van der Waals surface area contributed by atoms with Crippen molar-refractivity contribution in [2.75, 3.05) is 26.2 Å². The van der Waals surface area contributed by atoms with Crippen LogP contribution in [0.5, 0.6) is 0 Å². The van der Waals surface area contributed by atoms with Gasteiger partial charge in [-0.15, -0.1) is 0 Å². The molecular weight excluding hydrogens is 244 g/mol. The average molecular weight is 262 g/mol. The molecule has 2 fully saturated rings. The van der Waals surface area contributed by atoms with E-state index in [0.29, 0.717) is 37.5 Å². The number of furan rings is 1. The van der Waals surface area contributed by atoms with Gasteiger partial charge in [0.25, 0.3) is 5.91 Å². The molecule has 2 aliphatic rings. The van der Waals surface area contributed by atoms with E-state index in [9.17, 15) is 9.59 Å². The lowest BCUT2D eigenvalue weighted by atomic mass is 10.2. The summed E-state index contributed by atoms with van der Waals surface area (Å²) >= 11 is 0. The summed E-state index contributed by atoms with van der Waals surface area (Å²) in [5.74, 6) is 1.19. The van der Waals surface area contributed by atoms with E-state index in [1.54, 1.807) is 17.9 Å². The van der Waals surface area contributed by atoms with E-state index in [-0.39, 0.29) is 17.7 Å². The van der Waals surface area contributed by atoms with Crippen molar-refractivity contribution in [2.24, 2.45) is 5.92 Å². The fourth-order valence-electron chi connectivity index (χ4n) is 2.50. The van der Waals surface area contributed by atoms with Crippen LogP contribution in [0.15, 0.2) is 16.7 Å². The maximum absolute atomic E-state index is 12.3. The molecular formula is C14H18N2O3. The summed E-state index contributed by atoms with van der Waals surface area (Å²) in [6.45, 7) is 4.32. The number of piperazine rings is 1. The summed E-state index contributed by atoms with van der Waals surface area (Å²) < 4.78 is 5.16. The van der Waals surface area contributed by atoms with Crippen LogP contribution in [0.25, 0.3) is 0 Å². The molecule has 5 heteroatoms. The Balaban J connectivity index is 1.59. The maximum Gasteiger partial charge on any atom is 0.257 e. The zero-order chi connectivity index (χ0) is 13.4. The van der Waals surface area contributed by atoms with Gasteiger partial charge in [0.15, 0.2) is 0 Å². The van der Waals surface area contributed by atoms with Crippen LogP contribution in [0.4, 0.5) is 0 Å². The van der Waals surface area contributed by atoms with Gasteiger partial charge >= 0.3 is 0 Å². The van der Waals surface area contributed by atoms with Crippen LogP contribution < -0.4 is 0 Å². The van der Waals surface area contributed by atoms with E-state index in [1.807, 2.05) is 4.90 Å². The molecule has 0 bridgehead atoms. The smallest absolute Gasteiger partial charge is 0.257 e. The van der Waals surface area contributed by atoms with Gasteiger partial charge in [0, 0.05) is 32.1 Å². The number of aryl methyl sites for hydroxylation is 1. The second-order valence-corrected chi connectivity index (χ2v) is 5.28. The molecule has 0 atom stereocenters. The third-order valence-corrected chi connectivity index (χ3v) is 3.89. The molecule has 3 rings (SSSR count). The van der Waals surface area contributed by atoms with Gasteiger partial charge < -0.3 is 14.2 Å². The normalized spacial score (nSPS) is 19.6. The van der Waals surface area contributed by atoms with Gasteiger partial charge in [-0.2, -0.15) is 0 Å². The Labute approximate surface area is 112 Å². The molecule has 1 saturated carbocycles. The van der Waals surface area contributed by atoms with E-state index in [1.165, 1.54) is 6.26 Å². The molecule has 1 aliphatic carbocycles. The van der Waals surface area contributed by atoms with Crippen molar-refractivity contribution in [3.8, 4) is 0 Å². The first-order valence-corrected chi connectivity index (χ1v) is 6.79. The Morgan fingerprint density at radius 3 is 2.32 bits per heavy atom. The lowest BCUT2D eigenvalue weighted by Crippen LogP contribution is -2.51. The molecule has 102 valence electrons. The van der Waals surface area contributed by atoms with Crippen molar-refractivity contribution in [3.63, 3.8) is 0 Å². The predicted octanol–water partition coefficient (Wildman–Crippen LogP) is 1.28. The van der Waals surface area contributed by atoms with Gasteiger partial charge in [-0.1, -0.05) is 0 Å². The number of rotatable bonds is 2. The first-order valence-electron chi connectivity index (χ1n) is 6.79. The van der Waals surface area contributed by atoms with Crippen LogP contribution in [0, 0.1) is 12.8 Å². The lowest BCUT2D eigenvalue weighted by Gasteiger charge is -2.34. The zero-order valence-corrected chi connectivity index (χ0v) is 11.1. The van der Waals surface area contributed by atoms with E-state index in [0.717, 1.165) is 12.8 Å². The van der Waals surface area contributed by atoms with Crippen LogP contribution in [-0.4, -0.2) is 47.8 Å². The van der Waals surface area contributed by atoms with Gasteiger partial charge in [-0.05, 0) is 25.8 Å². The highest BCUT2D eigenvalue weighted by atomic mass is 16.3. The Kier molecular flexibility index (Phi) is 3.05. The third-order valence-electron chi connectivity index (χ3n) is 3.89. The van der Waals surface area contributed by atoms with Crippen LogP contribution in [0.1, 0.15) is 29.0 Å². The Morgan fingerprint density at radius 2 is 1.79 bits per heavy atom. The zero-order valence-electron chi connectivity index (χ0n) is 11.1. The van der Waals surface area contributed by atoms with Gasteiger partial charge in [-0.25, -0.2) is 0 Å². The summed E-state index contributed by atoms with van der Waals surface area (Å²) in [5.41, 5.74) is 0.627. The molecule has 2 amide bonds. The van der Waals surface area contributed by atoms with E-state index < -0.39 is 0 Å². The first-order chi connectivity index (χ1) is 9.16. The topological polar surface area (TPSA) is 53.8 Å². The summed E-state index contributed by atoms with van der Waals surface area (Å²) in [5, 5.41) is 0. The largest absolute Gasteiger partial charge is 0.469 e. The number of hydrogen-bond acceptors (Lipinski definition) is 3. The summed E-state index contributed by atoms with van der Waals surface area (Å²) in [6.07, 6.45) is 3.60. The summed E-state index contributed by atoms with van der Waals surface area (Å²) in [6, 6.07) is 1.71. The van der Waals surface area contributed by atoms with Crippen molar-refractivity contribution in [1.29, 1.82) is 0 Å². The molecule has 0 spiro atoms. The van der Waals surface area contributed by atoms with E-state index >= 15 is 0 Å². The number of amides is 2. The third kappa shape index (κ3) is 2.37. The minimum Gasteiger partial charge on any atom is -0.469 e. The standard InChI is InChI=1S/C14H18N2O3/c1-10-12(4-9-19-10)14(18)16-7-5-15(6-8-16)13(17)11-2-3-11/h4,9,11H,2-3,5-8H2,1H3. The van der Waals surface area contributed by atoms with Crippen molar-refractivity contribution in [2.45, 2.75) is 19.8 Å². The SMILES string of the molecule is Cc1occc1C(=O)N1CCN(C(=O)C2CC2)CC1. The van der Waals surface area contributed by atoms with Gasteiger partial charge in [0.2, 0.25) is 5.91 Å².